The molecule has 1 amide bonds. The number of methoxy groups -OCH3 is 2. The molecule has 2 aliphatic rings. The lowest BCUT2D eigenvalue weighted by molar-refractivity contribution is -0.129. The molecule has 1 aromatic rings. The number of carbonyl (C=O) groups excluding carboxylic acids is 1. The normalized spacial score (nSPS) is 23.9. The van der Waals surface area contributed by atoms with Crippen molar-refractivity contribution >= 4 is 5.91 Å². The molecular weight excluding hydrogens is 268 g/mol. The number of nitrogens with one attached hydrogen (secondary N) is 2. The Morgan fingerprint density at radius 3 is 2.62 bits per heavy atom. The average Bonchev–Trinajstić information content (AvgIpc) is 2.84. The maximum atomic E-state index is 12.5. The van der Waals surface area contributed by atoms with Crippen molar-refractivity contribution in [2.45, 2.75) is 18.8 Å². The second-order valence-corrected chi connectivity index (χ2v) is 5.78. The largest absolute Gasteiger partial charge is 0.497 e. The molecule has 1 spiro atoms. The van der Waals surface area contributed by atoms with E-state index in [1.54, 1.807) is 14.2 Å². The van der Waals surface area contributed by atoms with Gasteiger partial charge in [-0.1, -0.05) is 6.07 Å². The fourth-order valence-corrected chi connectivity index (χ4v) is 3.69. The number of carbonyl (C=O) groups is 1. The zero-order valence-electron chi connectivity index (χ0n) is 12.6. The van der Waals surface area contributed by atoms with Crippen molar-refractivity contribution in [3.63, 3.8) is 0 Å². The van der Waals surface area contributed by atoms with Crippen LogP contribution in [0, 0.1) is 5.41 Å². The van der Waals surface area contributed by atoms with Gasteiger partial charge in [0.15, 0.2) is 0 Å². The van der Waals surface area contributed by atoms with Crippen LogP contribution in [0.2, 0.25) is 0 Å². The Bertz CT molecular complexity index is 538. The van der Waals surface area contributed by atoms with Crippen LogP contribution in [0.15, 0.2) is 18.2 Å². The fraction of sp³-hybridized carbons (Fsp3) is 0.562. The molecule has 3 rings (SSSR count). The van der Waals surface area contributed by atoms with Gasteiger partial charge >= 0.3 is 0 Å². The third-order valence-electron chi connectivity index (χ3n) is 4.90. The predicted molar refractivity (Wildman–Crippen MR) is 79.8 cm³/mol. The van der Waals surface area contributed by atoms with Crippen LogP contribution in [0.3, 0.4) is 0 Å². The zero-order chi connectivity index (χ0) is 14.9. The molecule has 2 heterocycles. The maximum Gasteiger partial charge on any atom is 0.227 e. The summed E-state index contributed by atoms with van der Waals surface area (Å²) >= 11 is 0. The second kappa shape index (κ2) is 5.56. The van der Waals surface area contributed by atoms with E-state index in [1.165, 1.54) is 0 Å². The Morgan fingerprint density at radius 2 is 1.95 bits per heavy atom. The van der Waals surface area contributed by atoms with Crippen molar-refractivity contribution in [2.24, 2.45) is 5.41 Å². The highest BCUT2D eigenvalue weighted by atomic mass is 16.5. The summed E-state index contributed by atoms with van der Waals surface area (Å²) in [6.45, 7) is 2.46. The molecule has 0 bridgehead atoms. The molecule has 5 heteroatoms. The van der Waals surface area contributed by atoms with E-state index in [0.717, 1.165) is 43.0 Å². The number of hydrogen-bond donors (Lipinski definition) is 2. The molecule has 0 saturated carbocycles. The molecule has 0 radical (unpaired) electrons. The van der Waals surface area contributed by atoms with Gasteiger partial charge in [-0.2, -0.15) is 0 Å². The SMILES string of the molecule is COc1ccc(C2CNC(=O)C23CCNCC3)c(OC)c1. The molecule has 114 valence electrons. The van der Waals surface area contributed by atoms with Crippen molar-refractivity contribution in [1.29, 1.82) is 0 Å². The molecule has 0 aromatic heterocycles. The van der Waals surface area contributed by atoms with Crippen LogP contribution in [-0.4, -0.2) is 39.8 Å². The van der Waals surface area contributed by atoms with Gasteiger partial charge in [0.05, 0.1) is 19.6 Å². The van der Waals surface area contributed by atoms with Crippen molar-refractivity contribution in [1.82, 2.24) is 10.6 Å². The fourth-order valence-electron chi connectivity index (χ4n) is 3.69. The lowest BCUT2D eigenvalue weighted by Gasteiger charge is -2.37. The summed E-state index contributed by atoms with van der Waals surface area (Å²) in [5.74, 6) is 1.92. The van der Waals surface area contributed by atoms with Crippen molar-refractivity contribution in [3.05, 3.63) is 23.8 Å². The lowest BCUT2D eigenvalue weighted by Crippen LogP contribution is -2.44. The van der Waals surface area contributed by atoms with Crippen molar-refractivity contribution in [3.8, 4) is 11.5 Å². The molecule has 2 aliphatic heterocycles. The highest BCUT2D eigenvalue weighted by molar-refractivity contribution is 5.87. The standard InChI is InChI=1S/C16H22N2O3/c1-20-11-3-4-12(14(9-11)21-2)13-10-18-15(19)16(13)5-7-17-8-6-16/h3-4,9,13,17H,5-8,10H2,1-2H3,(H,18,19). The minimum Gasteiger partial charge on any atom is -0.497 e. The van der Waals surface area contributed by atoms with E-state index >= 15 is 0 Å². The molecular formula is C16H22N2O3. The van der Waals surface area contributed by atoms with Crippen LogP contribution in [0.5, 0.6) is 11.5 Å². The number of rotatable bonds is 3. The van der Waals surface area contributed by atoms with Crippen LogP contribution >= 0.6 is 0 Å². The Balaban J connectivity index is 2.00. The first-order valence-electron chi connectivity index (χ1n) is 7.42. The smallest absolute Gasteiger partial charge is 0.227 e. The van der Waals surface area contributed by atoms with Crippen LogP contribution in [0.1, 0.15) is 24.3 Å². The van der Waals surface area contributed by atoms with Crippen molar-refractivity contribution < 1.29 is 14.3 Å². The summed E-state index contributed by atoms with van der Waals surface area (Å²) < 4.78 is 10.8. The highest BCUT2D eigenvalue weighted by Gasteiger charge is 2.51. The molecule has 21 heavy (non-hydrogen) atoms. The first-order chi connectivity index (χ1) is 10.2. The highest BCUT2D eigenvalue weighted by Crippen LogP contribution is 2.49. The number of benzene rings is 1. The average molecular weight is 290 g/mol. The monoisotopic (exact) mass is 290 g/mol. The molecule has 2 fully saturated rings. The lowest BCUT2D eigenvalue weighted by atomic mass is 9.68. The second-order valence-electron chi connectivity index (χ2n) is 5.78. The quantitative estimate of drug-likeness (QED) is 0.880. The minimum atomic E-state index is -0.298. The molecule has 1 atom stereocenters. The summed E-state index contributed by atoms with van der Waals surface area (Å²) in [4.78, 5) is 12.5. The summed E-state index contributed by atoms with van der Waals surface area (Å²) in [6, 6.07) is 5.87. The Labute approximate surface area is 125 Å². The van der Waals surface area contributed by atoms with Gasteiger partial charge in [-0.15, -0.1) is 0 Å². The van der Waals surface area contributed by atoms with E-state index in [0.29, 0.717) is 6.54 Å². The van der Waals surface area contributed by atoms with Crippen LogP contribution < -0.4 is 20.1 Å². The molecule has 2 N–H and O–H groups in total. The summed E-state index contributed by atoms with van der Waals surface area (Å²) in [5.41, 5.74) is 0.797. The maximum absolute atomic E-state index is 12.5. The van der Waals surface area contributed by atoms with Crippen LogP contribution in [-0.2, 0) is 4.79 Å². The van der Waals surface area contributed by atoms with Gasteiger partial charge in [0.1, 0.15) is 11.5 Å². The Kier molecular flexibility index (Phi) is 3.76. The van der Waals surface area contributed by atoms with E-state index in [1.807, 2.05) is 18.2 Å². The Morgan fingerprint density at radius 1 is 1.19 bits per heavy atom. The van der Waals surface area contributed by atoms with Gasteiger partial charge in [0.25, 0.3) is 0 Å². The third kappa shape index (κ3) is 2.25. The number of ether oxygens (including phenoxy) is 2. The predicted octanol–water partition coefficient (Wildman–Crippen LogP) is 1.29. The third-order valence-corrected chi connectivity index (χ3v) is 4.90. The first-order valence-corrected chi connectivity index (χ1v) is 7.42. The van der Waals surface area contributed by atoms with E-state index in [9.17, 15) is 4.79 Å². The zero-order valence-corrected chi connectivity index (χ0v) is 12.6. The number of amides is 1. The van der Waals surface area contributed by atoms with E-state index in [4.69, 9.17) is 9.47 Å². The van der Waals surface area contributed by atoms with Gasteiger partial charge in [0.2, 0.25) is 5.91 Å². The van der Waals surface area contributed by atoms with Crippen LogP contribution in [0.25, 0.3) is 0 Å². The summed E-state index contributed by atoms with van der Waals surface area (Å²) in [7, 11) is 3.31. The van der Waals surface area contributed by atoms with Gasteiger partial charge in [0, 0.05) is 24.1 Å². The van der Waals surface area contributed by atoms with E-state index < -0.39 is 0 Å². The van der Waals surface area contributed by atoms with Crippen LogP contribution in [0.4, 0.5) is 0 Å². The van der Waals surface area contributed by atoms with Gasteiger partial charge in [-0.3, -0.25) is 4.79 Å². The Hall–Kier alpha value is -1.75. The molecule has 5 nitrogen and oxygen atoms in total. The number of piperidine rings is 1. The topological polar surface area (TPSA) is 59.6 Å². The molecule has 1 aromatic carbocycles. The minimum absolute atomic E-state index is 0.160. The van der Waals surface area contributed by atoms with Gasteiger partial charge in [-0.05, 0) is 32.0 Å². The van der Waals surface area contributed by atoms with Gasteiger partial charge < -0.3 is 20.1 Å². The molecule has 2 saturated heterocycles. The van der Waals surface area contributed by atoms with Crippen molar-refractivity contribution in [2.75, 3.05) is 33.9 Å². The van der Waals surface area contributed by atoms with E-state index in [-0.39, 0.29) is 17.2 Å². The molecule has 0 aliphatic carbocycles. The first kappa shape index (κ1) is 14.2. The van der Waals surface area contributed by atoms with Gasteiger partial charge in [-0.25, -0.2) is 0 Å². The molecule has 1 unspecified atom stereocenters. The summed E-state index contributed by atoms with van der Waals surface area (Å²) in [6.07, 6.45) is 1.75. The number of hydrogen-bond acceptors (Lipinski definition) is 4. The summed E-state index contributed by atoms with van der Waals surface area (Å²) in [5, 5.41) is 6.40. The van der Waals surface area contributed by atoms with E-state index in [2.05, 4.69) is 10.6 Å².